The van der Waals surface area contributed by atoms with Crippen molar-refractivity contribution in [1.29, 1.82) is 0 Å². The first-order chi connectivity index (χ1) is 14.1. The van der Waals surface area contributed by atoms with Crippen LogP contribution in [-0.2, 0) is 16.1 Å². The molecule has 2 aromatic heterocycles. The largest absolute Gasteiger partial charge is 0.382 e. The number of benzene rings is 1. The van der Waals surface area contributed by atoms with Crippen LogP contribution in [0.25, 0.3) is 10.9 Å². The lowest BCUT2D eigenvalue weighted by Gasteiger charge is -2.13. The van der Waals surface area contributed by atoms with Crippen molar-refractivity contribution in [2.45, 2.75) is 25.0 Å². The fourth-order valence-electron chi connectivity index (χ4n) is 2.72. The molecule has 3 rings (SSSR count). The minimum absolute atomic E-state index is 0.0848. The summed E-state index contributed by atoms with van der Waals surface area (Å²) in [5, 5.41) is 4.00. The van der Waals surface area contributed by atoms with Gasteiger partial charge in [-0.25, -0.2) is 9.97 Å². The number of para-hydroxylation sites is 1. The highest BCUT2D eigenvalue weighted by molar-refractivity contribution is 7.99. The second kappa shape index (κ2) is 10.4. The molecule has 0 saturated heterocycles. The molecule has 0 bridgehead atoms. The topological polar surface area (TPSA) is 86.1 Å². The van der Waals surface area contributed by atoms with Gasteiger partial charge in [-0.15, -0.1) is 0 Å². The standard InChI is InChI=1S/C20H21ClN4O3S/c1-2-28-12-6-11-25-19(27)14-7-3-4-8-15(14)24-20(25)29-13-17(26)23-16-9-5-10-22-18(16)21/h3-5,7-10H,2,6,11-13H2,1H3,(H,23,26). The van der Waals surface area contributed by atoms with Gasteiger partial charge in [0.15, 0.2) is 10.3 Å². The third-order valence-electron chi connectivity index (χ3n) is 4.07. The molecule has 1 N–H and O–H groups in total. The molecule has 0 atom stereocenters. The quantitative estimate of drug-likeness (QED) is 0.240. The molecule has 152 valence electrons. The van der Waals surface area contributed by atoms with E-state index in [4.69, 9.17) is 16.3 Å². The van der Waals surface area contributed by atoms with E-state index in [1.54, 1.807) is 35.0 Å². The van der Waals surface area contributed by atoms with Gasteiger partial charge in [0.05, 0.1) is 22.3 Å². The molecule has 0 fully saturated rings. The average Bonchev–Trinajstić information content (AvgIpc) is 2.73. The number of rotatable bonds is 9. The van der Waals surface area contributed by atoms with Gasteiger partial charge >= 0.3 is 0 Å². The highest BCUT2D eigenvalue weighted by Crippen LogP contribution is 2.21. The van der Waals surface area contributed by atoms with Crippen LogP contribution in [0.1, 0.15) is 13.3 Å². The molecule has 1 amide bonds. The van der Waals surface area contributed by atoms with Gasteiger partial charge in [0, 0.05) is 26.0 Å². The third-order valence-corrected chi connectivity index (χ3v) is 5.34. The van der Waals surface area contributed by atoms with Crippen molar-refractivity contribution < 1.29 is 9.53 Å². The highest BCUT2D eigenvalue weighted by atomic mass is 35.5. The molecule has 0 aliphatic heterocycles. The SMILES string of the molecule is CCOCCCn1c(SCC(=O)Nc2cccnc2Cl)nc2ccccc2c1=O. The number of anilines is 1. The number of ether oxygens (including phenoxy) is 1. The van der Waals surface area contributed by atoms with Gasteiger partial charge in [-0.2, -0.15) is 0 Å². The van der Waals surface area contributed by atoms with E-state index in [0.29, 0.717) is 47.9 Å². The van der Waals surface area contributed by atoms with Gasteiger partial charge < -0.3 is 10.1 Å². The maximum atomic E-state index is 12.9. The van der Waals surface area contributed by atoms with E-state index in [1.807, 2.05) is 19.1 Å². The lowest BCUT2D eigenvalue weighted by molar-refractivity contribution is -0.113. The number of amides is 1. The zero-order valence-electron chi connectivity index (χ0n) is 15.9. The molecule has 7 nitrogen and oxygen atoms in total. The summed E-state index contributed by atoms with van der Waals surface area (Å²) in [6.07, 6.45) is 2.23. The number of nitrogens with zero attached hydrogens (tertiary/aromatic N) is 3. The molecular weight excluding hydrogens is 412 g/mol. The summed E-state index contributed by atoms with van der Waals surface area (Å²) < 4.78 is 6.98. The van der Waals surface area contributed by atoms with E-state index in [1.165, 1.54) is 11.8 Å². The third kappa shape index (κ3) is 5.56. The summed E-state index contributed by atoms with van der Waals surface area (Å²) >= 11 is 7.19. The zero-order chi connectivity index (χ0) is 20.6. The predicted octanol–water partition coefficient (Wildman–Crippen LogP) is 3.60. The van der Waals surface area contributed by atoms with Crippen molar-refractivity contribution in [3.63, 3.8) is 0 Å². The summed E-state index contributed by atoms with van der Waals surface area (Å²) in [6, 6.07) is 10.6. The Hall–Kier alpha value is -2.42. The zero-order valence-corrected chi connectivity index (χ0v) is 17.5. The maximum Gasteiger partial charge on any atom is 0.262 e. The van der Waals surface area contributed by atoms with Gasteiger partial charge in [0.2, 0.25) is 5.91 Å². The van der Waals surface area contributed by atoms with Crippen LogP contribution in [-0.4, -0.2) is 39.4 Å². The minimum Gasteiger partial charge on any atom is -0.382 e. The van der Waals surface area contributed by atoms with Crippen molar-refractivity contribution in [2.24, 2.45) is 0 Å². The normalized spacial score (nSPS) is 11.0. The number of pyridine rings is 1. The van der Waals surface area contributed by atoms with Crippen molar-refractivity contribution in [3.05, 3.63) is 58.1 Å². The number of carbonyl (C=O) groups excluding carboxylic acids is 1. The second-order valence-corrected chi connectivity index (χ2v) is 7.40. The smallest absolute Gasteiger partial charge is 0.262 e. The molecule has 0 spiro atoms. The highest BCUT2D eigenvalue weighted by Gasteiger charge is 2.14. The molecule has 0 saturated carbocycles. The Morgan fingerprint density at radius 3 is 2.90 bits per heavy atom. The Bertz CT molecular complexity index is 1060. The first-order valence-corrected chi connectivity index (χ1v) is 10.6. The van der Waals surface area contributed by atoms with Crippen LogP contribution in [0.4, 0.5) is 5.69 Å². The fraction of sp³-hybridized carbons (Fsp3) is 0.300. The van der Waals surface area contributed by atoms with Crippen LogP contribution in [0.2, 0.25) is 5.15 Å². The van der Waals surface area contributed by atoms with Gasteiger partial charge in [-0.05, 0) is 37.6 Å². The maximum absolute atomic E-state index is 12.9. The molecule has 0 aliphatic rings. The van der Waals surface area contributed by atoms with Gasteiger partial charge in [0.25, 0.3) is 5.56 Å². The Morgan fingerprint density at radius 2 is 2.10 bits per heavy atom. The number of aromatic nitrogens is 3. The van der Waals surface area contributed by atoms with Crippen LogP contribution in [0, 0.1) is 0 Å². The number of hydrogen-bond donors (Lipinski definition) is 1. The predicted molar refractivity (Wildman–Crippen MR) is 116 cm³/mol. The molecule has 0 unspecified atom stereocenters. The Morgan fingerprint density at radius 1 is 1.28 bits per heavy atom. The number of carbonyl (C=O) groups is 1. The Balaban J connectivity index is 1.78. The summed E-state index contributed by atoms with van der Waals surface area (Å²) in [5.41, 5.74) is 0.933. The number of fused-ring (bicyclic) bond motifs is 1. The molecule has 1 aromatic carbocycles. The number of thioether (sulfide) groups is 1. The van der Waals surface area contributed by atoms with E-state index in [9.17, 15) is 9.59 Å². The van der Waals surface area contributed by atoms with E-state index < -0.39 is 0 Å². The molecular formula is C20H21ClN4O3S. The molecule has 29 heavy (non-hydrogen) atoms. The Labute approximate surface area is 177 Å². The lowest BCUT2D eigenvalue weighted by atomic mass is 10.2. The summed E-state index contributed by atoms with van der Waals surface area (Å²) in [5.74, 6) is -0.172. The minimum atomic E-state index is -0.256. The number of nitrogens with one attached hydrogen (secondary N) is 1. The molecule has 0 radical (unpaired) electrons. The van der Waals surface area contributed by atoms with Crippen molar-refractivity contribution in [1.82, 2.24) is 14.5 Å². The first-order valence-electron chi connectivity index (χ1n) is 9.20. The monoisotopic (exact) mass is 432 g/mol. The van der Waals surface area contributed by atoms with Gasteiger partial charge in [-0.3, -0.25) is 14.2 Å². The van der Waals surface area contributed by atoms with Gasteiger partial charge in [0.1, 0.15) is 0 Å². The summed E-state index contributed by atoms with van der Waals surface area (Å²) in [7, 11) is 0. The summed E-state index contributed by atoms with van der Waals surface area (Å²) in [4.78, 5) is 33.8. The molecule has 3 aromatic rings. The molecule has 2 heterocycles. The van der Waals surface area contributed by atoms with E-state index in [-0.39, 0.29) is 22.4 Å². The van der Waals surface area contributed by atoms with Crippen molar-refractivity contribution in [2.75, 3.05) is 24.3 Å². The lowest BCUT2D eigenvalue weighted by Crippen LogP contribution is -2.25. The fourth-order valence-corrected chi connectivity index (χ4v) is 3.71. The van der Waals surface area contributed by atoms with Crippen molar-refractivity contribution >= 4 is 45.9 Å². The number of halogens is 1. The van der Waals surface area contributed by atoms with Crippen LogP contribution in [0.15, 0.2) is 52.5 Å². The second-order valence-electron chi connectivity index (χ2n) is 6.10. The van der Waals surface area contributed by atoms with E-state index in [0.717, 1.165) is 0 Å². The summed E-state index contributed by atoms with van der Waals surface area (Å²) in [6.45, 7) is 3.58. The Kier molecular flexibility index (Phi) is 7.62. The average molecular weight is 433 g/mol. The van der Waals surface area contributed by atoms with Crippen LogP contribution < -0.4 is 10.9 Å². The van der Waals surface area contributed by atoms with Crippen molar-refractivity contribution in [3.8, 4) is 0 Å². The van der Waals surface area contributed by atoms with E-state index in [2.05, 4.69) is 15.3 Å². The van der Waals surface area contributed by atoms with Gasteiger partial charge in [-0.1, -0.05) is 35.5 Å². The molecule has 9 heteroatoms. The molecule has 0 aliphatic carbocycles. The van der Waals surface area contributed by atoms with Crippen LogP contribution in [0.3, 0.4) is 0 Å². The van der Waals surface area contributed by atoms with Crippen LogP contribution >= 0.6 is 23.4 Å². The van der Waals surface area contributed by atoms with Crippen LogP contribution in [0.5, 0.6) is 0 Å². The first kappa shape index (κ1) is 21.3. The van der Waals surface area contributed by atoms with E-state index >= 15 is 0 Å². The number of hydrogen-bond acceptors (Lipinski definition) is 6.